The molecule has 2 aromatic carbocycles. The van der Waals surface area contributed by atoms with Crippen LogP contribution < -0.4 is 9.47 Å². The van der Waals surface area contributed by atoms with Crippen molar-refractivity contribution in [3.8, 4) is 11.5 Å². The number of hydrogen-bond acceptors (Lipinski definition) is 8. The molecule has 3 rings (SSSR count). The fourth-order valence-corrected chi connectivity index (χ4v) is 2.91. The Morgan fingerprint density at radius 3 is 2.84 bits per heavy atom. The van der Waals surface area contributed by atoms with E-state index >= 15 is 0 Å². The summed E-state index contributed by atoms with van der Waals surface area (Å²) >= 11 is 5.20. The van der Waals surface area contributed by atoms with E-state index < -0.39 is 10.9 Å². The zero-order valence-electron chi connectivity index (χ0n) is 16.8. The number of methoxy groups -OCH3 is 1. The van der Waals surface area contributed by atoms with Gasteiger partial charge in [-0.05, 0) is 48.5 Å². The number of nitro benzene ring substituents is 1. The second kappa shape index (κ2) is 9.76. The van der Waals surface area contributed by atoms with Crippen molar-refractivity contribution in [3.63, 3.8) is 0 Å². The molecule has 0 aliphatic heterocycles. The van der Waals surface area contributed by atoms with Crippen molar-refractivity contribution in [1.29, 1.82) is 0 Å². The minimum absolute atomic E-state index is 0.0553. The van der Waals surface area contributed by atoms with Crippen LogP contribution in [0, 0.1) is 14.9 Å². The average Bonchev–Trinajstić information content (AvgIpc) is 3.12. The summed E-state index contributed by atoms with van der Waals surface area (Å²) in [7, 11) is 1.44. The summed E-state index contributed by atoms with van der Waals surface area (Å²) in [6, 6.07) is 10.2. The molecule has 0 atom stereocenters. The smallest absolute Gasteiger partial charge is 0.343 e. The van der Waals surface area contributed by atoms with Crippen LogP contribution in [0.3, 0.4) is 0 Å². The number of aryl methyl sites for hydroxylation is 1. The molecule has 11 heteroatoms. The number of esters is 1. The number of H-pyrrole nitrogens is 1. The number of rotatable bonds is 8. The maximum Gasteiger partial charge on any atom is 0.343 e. The first kappa shape index (κ1) is 21.8. The summed E-state index contributed by atoms with van der Waals surface area (Å²) in [6.45, 7) is 2.03. The predicted molar refractivity (Wildman–Crippen MR) is 115 cm³/mol. The van der Waals surface area contributed by atoms with Crippen molar-refractivity contribution in [2.75, 3.05) is 7.11 Å². The number of carbonyl (C=O) groups excluding carboxylic acids is 1. The molecule has 0 aliphatic carbocycles. The Labute approximate surface area is 182 Å². The van der Waals surface area contributed by atoms with E-state index in [0.29, 0.717) is 16.1 Å². The number of nitro groups is 1. The molecule has 0 saturated heterocycles. The summed E-state index contributed by atoms with van der Waals surface area (Å²) in [4.78, 5) is 22.7. The highest BCUT2D eigenvalue weighted by Gasteiger charge is 2.16. The Balaban J connectivity index is 1.81. The molecular formula is C20H19N5O5S. The van der Waals surface area contributed by atoms with Crippen LogP contribution in [0.5, 0.6) is 11.5 Å². The molecule has 3 aromatic rings. The van der Waals surface area contributed by atoms with Gasteiger partial charge in [0.1, 0.15) is 0 Å². The second-order valence-electron chi connectivity index (χ2n) is 6.36. The first-order chi connectivity index (χ1) is 14.9. The van der Waals surface area contributed by atoms with Gasteiger partial charge in [0.05, 0.1) is 23.8 Å². The third kappa shape index (κ3) is 5.20. The van der Waals surface area contributed by atoms with Gasteiger partial charge < -0.3 is 9.47 Å². The van der Waals surface area contributed by atoms with Crippen LogP contribution in [-0.2, 0) is 6.42 Å². The van der Waals surface area contributed by atoms with Crippen LogP contribution in [0.15, 0.2) is 47.6 Å². The van der Waals surface area contributed by atoms with Crippen molar-refractivity contribution in [3.05, 3.63) is 74.3 Å². The highest BCUT2D eigenvalue weighted by atomic mass is 32.1. The maximum absolute atomic E-state index is 12.4. The topological polar surface area (TPSA) is 125 Å². The fraction of sp³-hybridized carbons (Fsp3) is 0.200. The number of benzene rings is 2. The van der Waals surface area contributed by atoms with E-state index in [2.05, 4.69) is 15.3 Å². The molecule has 0 bridgehead atoms. The van der Waals surface area contributed by atoms with E-state index in [1.54, 1.807) is 29.1 Å². The summed E-state index contributed by atoms with van der Waals surface area (Å²) in [5.41, 5.74) is 0.533. The molecule has 1 aromatic heterocycles. The number of non-ortho nitro benzene ring substituents is 1. The molecule has 0 aliphatic rings. The zero-order valence-corrected chi connectivity index (χ0v) is 17.6. The highest BCUT2D eigenvalue weighted by Crippen LogP contribution is 2.28. The molecule has 0 radical (unpaired) electrons. The lowest BCUT2D eigenvalue weighted by molar-refractivity contribution is -0.384. The number of aromatic nitrogens is 3. The molecule has 0 saturated carbocycles. The molecular weight excluding hydrogens is 422 g/mol. The molecule has 10 nitrogen and oxygen atoms in total. The Hall–Kier alpha value is -3.86. The summed E-state index contributed by atoms with van der Waals surface area (Å²) in [5, 5.41) is 22.1. The van der Waals surface area contributed by atoms with Gasteiger partial charge in [0.2, 0.25) is 4.77 Å². The van der Waals surface area contributed by atoms with E-state index in [1.165, 1.54) is 25.3 Å². The average molecular weight is 441 g/mol. The normalized spacial score (nSPS) is 10.9. The lowest BCUT2D eigenvalue weighted by Gasteiger charge is -2.10. The molecule has 1 N–H and O–H groups in total. The SMILES string of the molecule is CCCc1n[nH]c(=S)n1/N=C/c1ccc(OC(=O)c2cccc([N+](=O)[O-])c2)c(OC)c1. The van der Waals surface area contributed by atoms with Gasteiger partial charge in [-0.25, -0.2) is 4.79 Å². The number of aromatic amines is 1. The van der Waals surface area contributed by atoms with Crippen LogP contribution in [0.1, 0.15) is 35.1 Å². The van der Waals surface area contributed by atoms with Crippen molar-refractivity contribution in [2.45, 2.75) is 19.8 Å². The van der Waals surface area contributed by atoms with Crippen LogP contribution in [-0.4, -0.2) is 39.1 Å². The lowest BCUT2D eigenvalue weighted by atomic mass is 10.2. The van der Waals surface area contributed by atoms with E-state index in [-0.39, 0.29) is 17.0 Å². The van der Waals surface area contributed by atoms with Crippen LogP contribution in [0.25, 0.3) is 0 Å². The third-order valence-electron chi connectivity index (χ3n) is 4.20. The standard InChI is InChI=1S/C20H19N5O5S/c1-3-5-18-22-23-20(31)24(18)21-12-13-8-9-16(17(10-13)29-2)30-19(26)14-6-4-7-15(11-14)25(27)28/h4,6-12H,3,5H2,1-2H3,(H,23,31)/b21-12+. The van der Waals surface area contributed by atoms with Gasteiger partial charge >= 0.3 is 5.97 Å². The van der Waals surface area contributed by atoms with Crippen LogP contribution >= 0.6 is 12.2 Å². The first-order valence-corrected chi connectivity index (χ1v) is 9.69. The Morgan fingerprint density at radius 1 is 1.32 bits per heavy atom. The highest BCUT2D eigenvalue weighted by molar-refractivity contribution is 7.71. The van der Waals surface area contributed by atoms with Gasteiger partial charge in [0, 0.05) is 18.6 Å². The first-order valence-electron chi connectivity index (χ1n) is 9.28. The van der Waals surface area contributed by atoms with E-state index in [0.717, 1.165) is 24.7 Å². The van der Waals surface area contributed by atoms with Gasteiger partial charge in [-0.3, -0.25) is 15.2 Å². The molecule has 0 spiro atoms. The van der Waals surface area contributed by atoms with Crippen molar-refractivity contribution < 1.29 is 19.2 Å². The summed E-state index contributed by atoms with van der Waals surface area (Å²) in [6.07, 6.45) is 3.20. The van der Waals surface area contributed by atoms with E-state index in [4.69, 9.17) is 21.7 Å². The molecule has 31 heavy (non-hydrogen) atoms. The summed E-state index contributed by atoms with van der Waals surface area (Å²) < 4.78 is 12.6. The molecule has 0 amide bonds. The predicted octanol–water partition coefficient (Wildman–Crippen LogP) is 3.91. The third-order valence-corrected chi connectivity index (χ3v) is 4.46. The maximum atomic E-state index is 12.4. The van der Waals surface area contributed by atoms with Gasteiger partial charge in [-0.2, -0.15) is 14.9 Å². The molecule has 0 unspecified atom stereocenters. The number of hydrogen-bond donors (Lipinski definition) is 1. The van der Waals surface area contributed by atoms with Gasteiger partial charge in [0.25, 0.3) is 5.69 Å². The minimum Gasteiger partial charge on any atom is -0.493 e. The Morgan fingerprint density at radius 2 is 2.13 bits per heavy atom. The summed E-state index contributed by atoms with van der Waals surface area (Å²) in [5.74, 6) is 0.450. The minimum atomic E-state index is -0.739. The molecule has 160 valence electrons. The van der Waals surface area contributed by atoms with Crippen LogP contribution in [0.4, 0.5) is 5.69 Å². The molecule has 1 heterocycles. The van der Waals surface area contributed by atoms with Crippen molar-refractivity contribution in [2.24, 2.45) is 5.10 Å². The van der Waals surface area contributed by atoms with E-state index in [1.807, 2.05) is 6.92 Å². The Kier molecular flexibility index (Phi) is 6.88. The van der Waals surface area contributed by atoms with Crippen molar-refractivity contribution >= 4 is 30.1 Å². The number of nitrogens with zero attached hydrogens (tertiary/aromatic N) is 4. The second-order valence-corrected chi connectivity index (χ2v) is 6.75. The van der Waals surface area contributed by atoms with Gasteiger partial charge in [-0.1, -0.05) is 13.0 Å². The molecule has 0 fully saturated rings. The monoisotopic (exact) mass is 441 g/mol. The number of carbonyl (C=O) groups is 1. The zero-order chi connectivity index (χ0) is 22.4. The quantitative estimate of drug-likeness (QED) is 0.140. The number of nitrogens with one attached hydrogen (secondary N) is 1. The van der Waals surface area contributed by atoms with E-state index in [9.17, 15) is 14.9 Å². The number of ether oxygens (including phenoxy) is 2. The lowest BCUT2D eigenvalue weighted by Crippen LogP contribution is -2.09. The fourth-order valence-electron chi connectivity index (χ4n) is 2.71. The van der Waals surface area contributed by atoms with Gasteiger partial charge in [-0.15, -0.1) is 0 Å². The van der Waals surface area contributed by atoms with Crippen molar-refractivity contribution in [1.82, 2.24) is 14.9 Å². The van der Waals surface area contributed by atoms with Gasteiger partial charge in [0.15, 0.2) is 17.3 Å². The van der Waals surface area contributed by atoms with Crippen LogP contribution in [0.2, 0.25) is 0 Å². The largest absolute Gasteiger partial charge is 0.493 e. The Bertz CT molecular complexity index is 1200.